The number of rotatable bonds is 3. The highest BCUT2D eigenvalue weighted by Crippen LogP contribution is 2.47. The van der Waals surface area contributed by atoms with E-state index in [1.807, 2.05) is 0 Å². The lowest BCUT2D eigenvalue weighted by molar-refractivity contribution is -0.0919. The summed E-state index contributed by atoms with van der Waals surface area (Å²) in [5.74, 6) is -2.02. The fourth-order valence-electron chi connectivity index (χ4n) is 1.49. The summed E-state index contributed by atoms with van der Waals surface area (Å²) in [4.78, 5) is 0. The van der Waals surface area contributed by atoms with E-state index in [1.54, 1.807) is 7.05 Å². The Labute approximate surface area is 79.7 Å². The molecule has 1 heterocycles. The minimum Gasteiger partial charge on any atom is -0.424 e. The van der Waals surface area contributed by atoms with Crippen molar-refractivity contribution in [1.82, 2.24) is 15.5 Å². The van der Waals surface area contributed by atoms with Gasteiger partial charge in [0.25, 0.3) is 0 Å². The third kappa shape index (κ3) is 1.75. The second-order valence-corrected chi connectivity index (χ2v) is 3.53. The van der Waals surface area contributed by atoms with Gasteiger partial charge in [0.2, 0.25) is 17.7 Å². The zero-order chi connectivity index (χ0) is 10.2. The molecule has 1 fully saturated rings. The van der Waals surface area contributed by atoms with Crippen molar-refractivity contribution in [2.75, 3.05) is 7.05 Å². The molecule has 1 aliphatic carbocycles. The van der Waals surface area contributed by atoms with E-state index in [0.29, 0.717) is 18.3 Å². The van der Waals surface area contributed by atoms with Crippen LogP contribution in [-0.4, -0.2) is 23.2 Å². The molecule has 1 N–H and O–H groups in total. The van der Waals surface area contributed by atoms with Gasteiger partial charge in [0, 0.05) is 18.8 Å². The lowest BCUT2D eigenvalue weighted by atomic mass is 9.81. The lowest BCUT2D eigenvalue weighted by Crippen LogP contribution is -2.33. The molecule has 78 valence electrons. The maximum atomic E-state index is 12.5. The summed E-state index contributed by atoms with van der Waals surface area (Å²) in [6, 6.07) is 0. The first kappa shape index (κ1) is 9.51. The highest BCUT2D eigenvalue weighted by atomic mass is 19.3. The van der Waals surface area contributed by atoms with Crippen molar-refractivity contribution in [3.8, 4) is 0 Å². The highest BCUT2D eigenvalue weighted by Gasteiger charge is 2.48. The summed E-state index contributed by atoms with van der Waals surface area (Å²) in [5.41, 5.74) is 0. The van der Waals surface area contributed by atoms with E-state index in [-0.39, 0.29) is 18.8 Å². The molecular weight excluding hydrogens is 192 g/mol. The van der Waals surface area contributed by atoms with Crippen LogP contribution >= 0.6 is 0 Å². The molecule has 2 rings (SSSR count). The van der Waals surface area contributed by atoms with Crippen molar-refractivity contribution >= 4 is 0 Å². The molecule has 1 aromatic heterocycles. The molecule has 0 saturated heterocycles. The van der Waals surface area contributed by atoms with Crippen LogP contribution in [0.1, 0.15) is 30.5 Å². The van der Waals surface area contributed by atoms with E-state index in [0.717, 1.165) is 0 Å². The Bertz CT molecular complexity index is 318. The maximum Gasteiger partial charge on any atom is 0.249 e. The second kappa shape index (κ2) is 3.27. The number of halogens is 2. The van der Waals surface area contributed by atoms with E-state index >= 15 is 0 Å². The van der Waals surface area contributed by atoms with Gasteiger partial charge in [-0.05, 0) is 7.05 Å². The van der Waals surface area contributed by atoms with Crippen molar-refractivity contribution < 1.29 is 13.2 Å². The van der Waals surface area contributed by atoms with E-state index in [9.17, 15) is 8.78 Å². The standard InChI is InChI=1S/C8H11F2N3O/c1-11-4-6-12-13-7(14-6)5-2-8(9,10)3-5/h5,11H,2-4H2,1H3. The second-order valence-electron chi connectivity index (χ2n) is 3.53. The van der Waals surface area contributed by atoms with Crippen LogP contribution in [0.2, 0.25) is 0 Å². The fraction of sp³-hybridized carbons (Fsp3) is 0.750. The Balaban J connectivity index is 1.98. The number of nitrogens with zero attached hydrogens (tertiary/aromatic N) is 2. The zero-order valence-corrected chi connectivity index (χ0v) is 7.76. The number of hydrogen-bond acceptors (Lipinski definition) is 4. The third-order valence-electron chi connectivity index (χ3n) is 2.25. The zero-order valence-electron chi connectivity index (χ0n) is 7.76. The predicted octanol–water partition coefficient (Wildman–Crippen LogP) is 1.30. The summed E-state index contributed by atoms with van der Waals surface area (Å²) in [7, 11) is 1.75. The van der Waals surface area contributed by atoms with E-state index in [1.165, 1.54) is 0 Å². The molecule has 6 heteroatoms. The molecule has 0 aliphatic heterocycles. The molecule has 0 bridgehead atoms. The van der Waals surface area contributed by atoms with E-state index in [2.05, 4.69) is 15.5 Å². The van der Waals surface area contributed by atoms with Crippen molar-refractivity contribution in [2.24, 2.45) is 0 Å². The van der Waals surface area contributed by atoms with Crippen LogP contribution in [0.4, 0.5) is 8.78 Å². The van der Waals surface area contributed by atoms with Gasteiger partial charge in [-0.3, -0.25) is 0 Å². The van der Waals surface area contributed by atoms with Gasteiger partial charge in [0.1, 0.15) is 0 Å². The average molecular weight is 203 g/mol. The highest BCUT2D eigenvalue weighted by molar-refractivity contribution is 5.03. The van der Waals surface area contributed by atoms with Gasteiger partial charge in [0.05, 0.1) is 6.54 Å². The van der Waals surface area contributed by atoms with Gasteiger partial charge < -0.3 is 9.73 Å². The van der Waals surface area contributed by atoms with Gasteiger partial charge >= 0.3 is 0 Å². The molecular formula is C8H11F2N3O. The molecule has 14 heavy (non-hydrogen) atoms. The molecule has 4 nitrogen and oxygen atoms in total. The largest absolute Gasteiger partial charge is 0.424 e. The smallest absolute Gasteiger partial charge is 0.249 e. The molecule has 0 aromatic carbocycles. The van der Waals surface area contributed by atoms with Crippen molar-refractivity contribution in [1.29, 1.82) is 0 Å². The Morgan fingerprint density at radius 3 is 2.79 bits per heavy atom. The number of alkyl halides is 2. The number of hydrogen-bond donors (Lipinski definition) is 1. The minimum atomic E-state index is -2.54. The number of nitrogens with one attached hydrogen (secondary N) is 1. The van der Waals surface area contributed by atoms with E-state index in [4.69, 9.17) is 4.42 Å². The summed E-state index contributed by atoms with van der Waals surface area (Å²) in [6.45, 7) is 0.468. The monoisotopic (exact) mass is 203 g/mol. The van der Waals surface area contributed by atoms with E-state index < -0.39 is 5.92 Å². The van der Waals surface area contributed by atoms with Crippen molar-refractivity contribution in [3.63, 3.8) is 0 Å². The molecule has 1 aliphatic rings. The lowest BCUT2D eigenvalue weighted by Gasteiger charge is -2.32. The van der Waals surface area contributed by atoms with Gasteiger partial charge in [-0.2, -0.15) is 0 Å². The van der Waals surface area contributed by atoms with Crippen LogP contribution in [0.5, 0.6) is 0 Å². The summed E-state index contributed by atoms with van der Waals surface area (Å²) in [5, 5.41) is 10.3. The summed E-state index contributed by atoms with van der Waals surface area (Å²) >= 11 is 0. The van der Waals surface area contributed by atoms with Gasteiger partial charge in [-0.15, -0.1) is 10.2 Å². The summed E-state index contributed by atoms with van der Waals surface area (Å²) < 4.78 is 30.3. The third-order valence-corrected chi connectivity index (χ3v) is 2.25. The van der Waals surface area contributed by atoms with Crippen LogP contribution < -0.4 is 5.32 Å². The molecule has 0 amide bonds. The van der Waals surface area contributed by atoms with Crippen LogP contribution in [0, 0.1) is 0 Å². The first-order valence-electron chi connectivity index (χ1n) is 4.45. The Hall–Kier alpha value is -1.04. The molecule has 1 saturated carbocycles. The number of aromatic nitrogens is 2. The SMILES string of the molecule is CNCc1nnc(C2CC(F)(F)C2)o1. The quantitative estimate of drug-likeness (QED) is 0.804. The topological polar surface area (TPSA) is 51.0 Å². The fourth-order valence-corrected chi connectivity index (χ4v) is 1.49. The summed E-state index contributed by atoms with van der Waals surface area (Å²) in [6.07, 6.45) is -0.345. The van der Waals surface area contributed by atoms with Crippen LogP contribution in [0.15, 0.2) is 4.42 Å². The van der Waals surface area contributed by atoms with Gasteiger partial charge in [-0.1, -0.05) is 0 Å². The molecule has 1 aromatic rings. The maximum absolute atomic E-state index is 12.5. The molecule has 0 radical (unpaired) electrons. The predicted molar refractivity (Wildman–Crippen MR) is 44.0 cm³/mol. The Morgan fingerprint density at radius 2 is 2.21 bits per heavy atom. The normalized spacial score (nSPS) is 20.8. The van der Waals surface area contributed by atoms with Crippen molar-refractivity contribution in [2.45, 2.75) is 31.2 Å². The first-order valence-corrected chi connectivity index (χ1v) is 4.45. The van der Waals surface area contributed by atoms with Gasteiger partial charge in [-0.25, -0.2) is 8.78 Å². The molecule has 0 unspecified atom stereocenters. The van der Waals surface area contributed by atoms with Gasteiger partial charge in [0.15, 0.2) is 0 Å². The molecule has 0 atom stereocenters. The minimum absolute atomic E-state index is 0.172. The first-order chi connectivity index (χ1) is 6.61. The average Bonchev–Trinajstić information content (AvgIpc) is 2.49. The van der Waals surface area contributed by atoms with Crippen molar-refractivity contribution in [3.05, 3.63) is 11.8 Å². The van der Waals surface area contributed by atoms with Crippen LogP contribution in [0.25, 0.3) is 0 Å². The van der Waals surface area contributed by atoms with Crippen LogP contribution in [0.3, 0.4) is 0 Å². The molecule has 0 spiro atoms. The Kier molecular flexibility index (Phi) is 2.22. The van der Waals surface area contributed by atoms with Crippen LogP contribution in [-0.2, 0) is 6.54 Å². The Morgan fingerprint density at radius 1 is 1.50 bits per heavy atom.